The average molecular weight is 274 g/mol. The largest absolute Gasteiger partial charge is 0.487 e. The molecule has 98 valence electrons. The van der Waals surface area contributed by atoms with Crippen LogP contribution in [0.2, 0.25) is 0 Å². The van der Waals surface area contributed by atoms with Crippen molar-refractivity contribution in [1.29, 1.82) is 0 Å². The Morgan fingerprint density at radius 2 is 1.63 bits per heavy atom. The molecule has 0 saturated carbocycles. The Balaban J connectivity index is 0.00000133. The third kappa shape index (κ3) is 2.45. The fourth-order valence-electron chi connectivity index (χ4n) is 2.32. The highest BCUT2D eigenvalue weighted by molar-refractivity contribution is 5.86. The van der Waals surface area contributed by atoms with E-state index >= 15 is 0 Å². The molecular weight excluding hydrogens is 258 g/mol. The van der Waals surface area contributed by atoms with Crippen LogP contribution in [0.5, 0.6) is 5.75 Å². The number of hydrogen-bond donors (Lipinski definition) is 1. The summed E-state index contributed by atoms with van der Waals surface area (Å²) in [5.41, 5.74) is 4.73. The van der Waals surface area contributed by atoms with Gasteiger partial charge in [0, 0.05) is 18.2 Å². The Kier molecular flexibility index (Phi) is 4.13. The lowest BCUT2D eigenvalue weighted by Crippen LogP contribution is -2.21. The highest BCUT2D eigenvalue weighted by Gasteiger charge is 2.20. The molecule has 0 atom stereocenters. The summed E-state index contributed by atoms with van der Waals surface area (Å²) in [6, 6.07) is 18.6. The van der Waals surface area contributed by atoms with Crippen LogP contribution in [-0.2, 0) is 0 Å². The molecule has 2 aromatic rings. The lowest BCUT2D eigenvalue weighted by molar-refractivity contribution is 0.338. The van der Waals surface area contributed by atoms with Gasteiger partial charge in [0.25, 0.3) is 0 Å². The highest BCUT2D eigenvalue weighted by Crippen LogP contribution is 2.36. The van der Waals surface area contributed by atoms with E-state index in [0.717, 1.165) is 17.0 Å². The zero-order valence-corrected chi connectivity index (χ0v) is 11.5. The number of benzene rings is 2. The Labute approximate surface area is 119 Å². The van der Waals surface area contributed by atoms with Crippen LogP contribution in [-0.4, -0.2) is 13.7 Å². The third-order valence-corrected chi connectivity index (χ3v) is 3.19. The van der Waals surface area contributed by atoms with Gasteiger partial charge in [-0.1, -0.05) is 48.5 Å². The van der Waals surface area contributed by atoms with Crippen LogP contribution in [0.25, 0.3) is 5.57 Å². The summed E-state index contributed by atoms with van der Waals surface area (Å²) >= 11 is 0. The maximum atomic E-state index is 5.76. The van der Waals surface area contributed by atoms with Crippen LogP contribution in [0, 0.1) is 0 Å². The molecule has 19 heavy (non-hydrogen) atoms. The molecule has 3 rings (SSSR count). The summed E-state index contributed by atoms with van der Waals surface area (Å²) in [6.07, 6.45) is 0. The lowest BCUT2D eigenvalue weighted by atomic mass is 9.94. The standard InChI is InChI=1S/C16H15NO.ClH/c1-17-14-11-18-15-10-6-5-9-13(15)16(14)12-7-3-2-4-8-12;/h2-10,17H,11H2,1H3;1H. The molecule has 1 heterocycles. The molecule has 0 radical (unpaired) electrons. The van der Waals surface area contributed by atoms with E-state index in [2.05, 4.69) is 35.6 Å². The minimum Gasteiger partial charge on any atom is -0.487 e. The molecule has 0 fully saturated rings. The number of halogens is 1. The second kappa shape index (κ2) is 5.81. The summed E-state index contributed by atoms with van der Waals surface area (Å²) in [5.74, 6) is 0.954. The number of rotatable bonds is 2. The molecular formula is C16H16ClNO. The minimum atomic E-state index is 0. The molecule has 3 heteroatoms. The van der Waals surface area contributed by atoms with E-state index in [1.165, 1.54) is 11.1 Å². The summed E-state index contributed by atoms with van der Waals surface area (Å²) in [5, 5.41) is 3.25. The van der Waals surface area contributed by atoms with Crippen LogP contribution in [0.15, 0.2) is 60.3 Å². The van der Waals surface area contributed by atoms with Crippen molar-refractivity contribution in [1.82, 2.24) is 5.32 Å². The first-order valence-electron chi connectivity index (χ1n) is 6.08. The maximum Gasteiger partial charge on any atom is 0.128 e. The summed E-state index contributed by atoms with van der Waals surface area (Å²) in [6.45, 7) is 0.595. The highest BCUT2D eigenvalue weighted by atomic mass is 35.5. The molecule has 0 unspecified atom stereocenters. The smallest absolute Gasteiger partial charge is 0.128 e. The van der Waals surface area contributed by atoms with Gasteiger partial charge >= 0.3 is 0 Å². The molecule has 0 saturated heterocycles. The van der Waals surface area contributed by atoms with Gasteiger partial charge in [-0.15, -0.1) is 12.4 Å². The van der Waals surface area contributed by atoms with Crippen LogP contribution in [0.4, 0.5) is 0 Å². The first-order chi connectivity index (χ1) is 8.90. The second-order valence-electron chi connectivity index (χ2n) is 4.25. The van der Waals surface area contributed by atoms with Crippen molar-refractivity contribution in [3.05, 3.63) is 71.4 Å². The van der Waals surface area contributed by atoms with Gasteiger partial charge in [-0.3, -0.25) is 0 Å². The van der Waals surface area contributed by atoms with Gasteiger partial charge in [-0.25, -0.2) is 0 Å². The quantitative estimate of drug-likeness (QED) is 0.905. The van der Waals surface area contributed by atoms with Crippen molar-refractivity contribution in [2.24, 2.45) is 0 Å². The number of ether oxygens (including phenoxy) is 1. The minimum absolute atomic E-state index is 0. The van der Waals surface area contributed by atoms with Crippen LogP contribution >= 0.6 is 12.4 Å². The average Bonchev–Trinajstić information content (AvgIpc) is 2.47. The molecule has 0 bridgehead atoms. The first kappa shape index (κ1) is 13.5. The van der Waals surface area contributed by atoms with Gasteiger partial charge in [-0.2, -0.15) is 0 Å². The van der Waals surface area contributed by atoms with E-state index in [0.29, 0.717) is 6.61 Å². The zero-order chi connectivity index (χ0) is 12.4. The van der Waals surface area contributed by atoms with Gasteiger partial charge in [0.05, 0.1) is 5.70 Å². The van der Waals surface area contributed by atoms with Gasteiger partial charge in [0.15, 0.2) is 0 Å². The number of fused-ring (bicyclic) bond motifs is 1. The molecule has 0 spiro atoms. The van der Waals surface area contributed by atoms with Crippen molar-refractivity contribution >= 4 is 18.0 Å². The fourth-order valence-corrected chi connectivity index (χ4v) is 2.32. The van der Waals surface area contributed by atoms with Crippen molar-refractivity contribution in [2.45, 2.75) is 0 Å². The van der Waals surface area contributed by atoms with E-state index in [1.54, 1.807) is 0 Å². The molecule has 2 aromatic carbocycles. The molecule has 2 nitrogen and oxygen atoms in total. The lowest BCUT2D eigenvalue weighted by Gasteiger charge is -2.24. The Morgan fingerprint density at radius 3 is 2.37 bits per heavy atom. The maximum absolute atomic E-state index is 5.76. The van der Waals surface area contributed by atoms with Crippen LogP contribution in [0.3, 0.4) is 0 Å². The van der Waals surface area contributed by atoms with Gasteiger partial charge in [-0.05, 0) is 11.6 Å². The Bertz CT molecular complexity index is 593. The van der Waals surface area contributed by atoms with Crippen LogP contribution in [0.1, 0.15) is 11.1 Å². The summed E-state index contributed by atoms with van der Waals surface area (Å²) < 4.78 is 5.76. The molecule has 0 aliphatic carbocycles. The molecule has 0 aromatic heterocycles. The van der Waals surface area contributed by atoms with E-state index in [-0.39, 0.29) is 12.4 Å². The number of likely N-dealkylation sites (N-methyl/N-ethyl adjacent to an activating group) is 1. The fraction of sp³-hybridized carbons (Fsp3) is 0.125. The predicted octanol–water partition coefficient (Wildman–Crippen LogP) is 3.48. The first-order valence-corrected chi connectivity index (χ1v) is 6.08. The predicted molar refractivity (Wildman–Crippen MR) is 80.7 cm³/mol. The SMILES string of the molecule is CNC1=C(c2ccccc2)c2ccccc2OC1.Cl. The van der Waals surface area contributed by atoms with Gasteiger partial charge < -0.3 is 10.1 Å². The monoisotopic (exact) mass is 273 g/mol. The Hall–Kier alpha value is -1.93. The van der Waals surface area contributed by atoms with Crippen molar-refractivity contribution < 1.29 is 4.74 Å². The Morgan fingerprint density at radius 1 is 0.947 bits per heavy atom. The van der Waals surface area contributed by atoms with Crippen LogP contribution < -0.4 is 10.1 Å². The number of nitrogens with one attached hydrogen (secondary N) is 1. The van der Waals surface area contributed by atoms with Gasteiger partial charge in [0.2, 0.25) is 0 Å². The summed E-state index contributed by atoms with van der Waals surface area (Å²) in [7, 11) is 1.94. The zero-order valence-electron chi connectivity index (χ0n) is 10.7. The van der Waals surface area contributed by atoms with E-state index in [4.69, 9.17) is 4.74 Å². The molecule has 0 amide bonds. The topological polar surface area (TPSA) is 21.3 Å². The summed E-state index contributed by atoms with van der Waals surface area (Å²) in [4.78, 5) is 0. The van der Waals surface area contributed by atoms with Gasteiger partial charge in [0.1, 0.15) is 12.4 Å². The van der Waals surface area contributed by atoms with E-state index in [1.807, 2.05) is 31.3 Å². The molecule has 1 aliphatic rings. The van der Waals surface area contributed by atoms with E-state index in [9.17, 15) is 0 Å². The molecule has 1 aliphatic heterocycles. The van der Waals surface area contributed by atoms with Crippen molar-refractivity contribution in [3.63, 3.8) is 0 Å². The third-order valence-electron chi connectivity index (χ3n) is 3.19. The van der Waals surface area contributed by atoms with Crippen molar-refractivity contribution in [2.75, 3.05) is 13.7 Å². The number of hydrogen-bond acceptors (Lipinski definition) is 2. The normalized spacial score (nSPS) is 13.1. The van der Waals surface area contributed by atoms with E-state index < -0.39 is 0 Å². The number of para-hydroxylation sites is 1. The van der Waals surface area contributed by atoms with Crippen molar-refractivity contribution in [3.8, 4) is 5.75 Å². The second-order valence-corrected chi connectivity index (χ2v) is 4.25. The molecule has 1 N–H and O–H groups in total.